The highest BCUT2D eigenvalue weighted by Crippen LogP contribution is 2.34. The number of rotatable bonds is 13. The predicted octanol–water partition coefficient (Wildman–Crippen LogP) is 6.52. The highest BCUT2D eigenvalue weighted by atomic mass is 19.1. The summed E-state index contributed by atoms with van der Waals surface area (Å²) in [7, 11) is 4.08. The number of pyridine rings is 2. The van der Waals surface area contributed by atoms with Crippen LogP contribution in [0.4, 0.5) is 13.2 Å². The minimum Gasteiger partial charge on any atom is -0.364 e. The molecule has 58 heavy (non-hydrogen) atoms. The van der Waals surface area contributed by atoms with E-state index in [4.69, 9.17) is 11.5 Å². The zero-order chi connectivity index (χ0) is 40.9. The Morgan fingerprint density at radius 2 is 1.02 bits per heavy atom. The van der Waals surface area contributed by atoms with Gasteiger partial charge in [0.1, 0.15) is 34.3 Å². The molecule has 8 aromatic rings. The number of nitrogens with two attached hydrogens (primary N) is 2. The molecule has 13 nitrogen and oxygen atoms in total. The Balaban J connectivity index is 0.000000177. The summed E-state index contributed by atoms with van der Waals surface area (Å²) in [5.74, 6) is -1.77. The van der Waals surface area contributed by atoms with Crippen LogP contribution in [0.25, 0.3) is 56.3 Å². The zero-order valence-corrected chi connectivity index (χ0v) is 31.8. The number of benzene rings is 2. The van der Waals surface area contributed by atoms with Crippen molar-refractivity contribution in [2.45, 2.75) is 25.9 Å². The molecule has 296 valence electrons. The van der Waals surface area contributed by atoms with E-state index in [1.54, 1.807) is 58.0 Å². The summed E-state index contributed by atoms with van der Waals surface area (Å²) in [4.78, 5) is 43.1. The summed E-state index contributed by atoms with van der Waals surface area (Å²) in [6.07, 6.45) is 11.2. The highest BCUT2D eigenvalue weighted by Gasteiger charge is 2.19. The molecule has 6 aromatic heterocycles. The monoisotopic (exact) mass is 787 g/mol. The van der Waals surface area contributed by atoms with E-state index in [0.717, 1.165) is 58.8 Å². The lowest BCUT2D eigenvalue weighted by molar-refractivity contribution is 0.0986. The molecule has 2 aromatic carbocycles. The maximum absolute atomic E-state index is 13.4. The van der Waals surface area contributed by atoms with E-state index in [-0.39, 0.29) is 17.3 Å². The van der Waals surface area contributed by atoms with Gasteiger partial charge in [0.2, 0.25) is 0 Å². The van der Waals surface area contributed by atoms with Gasteiger partial charge in [0.25, 0.3) is 11.8 Å². The second-order valence-corrected chi connectivity index (χ2v) is 13.8. The Morgan fingerprint density at radius 3 is 1.41 bits per heavy atom. The van der Waals surface area contributed by atoms with Gasteiger partial charge in [-0.15, -0.1) is 0 Å². The van der Waals surface area contributed by atoms with Crippen molar-refractivity contribution in [1.29, 1.82) is 0 Å². The number of imidazole rings is 4. The molecule has 4 N–H and O–H groups in total. The Hall–Kier alpha value is -7.07. The number of carbonyl (C=O) groups excluding carboxylic acids is 2. The topological polar surface area (TPSA) is 160 Å². The molecule has 0 saturated carbocycles. The lowest BCUT2D eigenvalue weighted by Gasteiger charge is -2.13. The van der Waals surface area contributed by atoms with Gasteiger partial charge < -0.3 is 25.5 Å². The molecular weight excluding hydrogens is 748 g/mol. The molecule has 16 heteroatoms. The van der Waals surface area contributed by atoms with E-state index in [9.17, 15) is 22.8 Å². The summed E-state index contributed by atoms with van der Waals surface area (Å²) in [6.45, 7) is 1.70. The molecule has 0 atom stereocenters. The second kappa shape index (κ2) is 17.0. The van der Waals surface area contributed by atoms with Crippen molar-refractivity contribution in [3.05, 3.63) is 133 Å². The molecule has 0 unspecified atom stereocenters. The summed E-state index contributed by atoms with van der Waals surface area (Å²) >= 11 is 0. The maximum atomic E-state index is 13.4. The van der Waals surface area contributed by atoms with E-state index in [0.29, 0.717) is 35.6 Å². The van der Waals surface area contributed by atoms with Gasteiger partial charge in [-0.25, -0.2) is 28.7 Å². The number of hydrogen-bond acceptors (Lipinski definition) is 7. The van der Waals surface area contributed by atoms with Crippen LogP contribution in [-0.4, -0.2) is 81.9 Å². The fourth-order valence-corrected chi connectivity index (χ4v) is 6.74. The average Bonchev–Trinajstić information content (AvgIpc) is 4.02. The van der Waals surface area contributed by atoms with E-state index >= 15 is 0 Å². The van der Waals surface area contributed by atoms with Gasteiger partial charge in [-0.05, 0) is 106 Å². The van der Waals surface area contributed by atoms with E-state index in [2.05, 4.69) is 29.4 Å². The number of carbonyl (C=O) groups is 2. The van der Waals surface area contributed by atoms with Gasteiger partial charge >= 0.3 is 0 Å². The minimum absolute atomic E-state index is 0.259. The minimum atomic E-state index is -0.589. The molecule has 0 fully saturated rings. The van der Waals surface area contributed by atoms with Crippen LogP contribution in [0.15, 0.2) is 110 Å². The van der Waals surface area contributed by atoms with Gasteiger partial charge in [0.15, 0.2) is 0 Å². The van der Waals surface area contributed by atoms with E-state index in [1.807, 2.05) is 43.1 Å². The molecule has 0 bridgehead atoms. The number of nitrogens with zero attached hydrogens (tertiary/aromatic N) is 9. The third-order valence-corrected chi connectivity index (χ3v) is 9.51. The Labute approximate surface area is 331 Å². The van der Waals surface area contributed by atoms with Gasteiger partial charge in [-0.1, -0.05) is 0 Å². The first-order valence-electron chi connectivity index (χ1n) is 18.4. The Kier molecular flexibility index (Phi) is 11.5. The number of primary amides is 2. The van der Waals surface area contributed by atoms with E-state index in [1.165, 1.54) is 36.7 Å². The number of aromatic nitrogens is 8. The van der Waals surface area contributed by atoms with Gasteiger partial charge in [-0.2, -0.15) is 0 Å². The lowest BCUT2D eigenvalue weighted by Crippen LogP contribution is -2.15. The standard InChI is InChI=1S/C22H23FN6O.C20H17F2N5O/c1-27(2)10-3-11-28-14-26-20(15-4-7-17(23)8-5-15)21(28)16-6-9-19-25-12-18(22(24)30)29(19)13-16;21-8-1-9-26-12-25-18(13-2-5-15(22)6-3-13)19(26)14-4-7-17-24-10-16(20(23)28)27(17)11-14/h4-9,12-14H,3,10-11H2,1-2H3,(H2,24,30);2-7,10-12H,1,8-9H2,(H2,23,28). The van der Waals surface area contributed by atoms with Crippen molar-refractivity contribution < 1.29 is 22.8 Å². The highest BCUT2D eigenvalue weighted by molar-refractivity contribution is 5.93. The van der Waals surface area contributed by atoms with Crippen LogP contribution in [-0.2, 0) is 13.1 Å². The third-order valence-electron chi connectivity index (χ3n) is 9.51. The first kappa shape index (κ1) is 39.2. The number of halogens is 3. The van der Waals surface area contributed by atoms with Crippen molar-refractivity contribution in [2.75, 3.05) is 27.3 Å². The SMILES string of the molecule is CN(C)CCCn1cnc(-c2ccc(F)cc2)c1-c1ccc2ncc(C(N)=O)n2c1.NC(=O)c1cnc2ccc(-c3c(-c4ccc(F)cc4)ncn3CCCF)cn12. The normalized spacial score (nSPS) is 11.3. The third kappa shape index (κ3) is 8.22. The van der Waals surface area contributed by atoms with Crippen molar-refractivity contribution in [3.8, 4) is 45.0 Å². The van der Waals surface area contributed by atoms with E-state index < -0.39 is 18.5 Å². The van der Waals surface area contributed by atoms with Crippen molar-refractivity contribution in [2.24, 2.45) is 11.5 Å². The van der Waals surface area contributed by atoms with Crippen LogP contribution < -0.4 is 11.5 Å². The van der Waals surface area contributed by atoms with Crippen LogP contribution in [0.1, 0.15) is 33.8 Å². The molecule has 0 spiro atoms. The molecule has 0 aliphatic carbocycles. The van der Waals surface area contributed by atoms with Crippen molar-refractivity contribution >= 4 is 23.1 Å². The number of hydrogen-bond donors (Lipinski definition) is 2. The fraction of sp³-hybridized carbons (Fsp3) is 0.190. The summed E-state index contributed by atoms with van der Waals surface area (Å²) in [6, 6.07) is 19.7. The summed E-state index contributed by atoms with van der Waals surface area (Å²) in [5.41, 5.74) is 18.9. The predicted molar refractivity (Wildman–Crippen MR) is 214 cm³/mol. The van der Waals surface area contributed by atoms with Crippen LogP contribution in [0.3, 0.4) is 0 Å². The molecular formula is C42H40F3N11O2. The largest absolute Gasteiger partial charge is 0.364 e. The molecule has 0 aliphatic heterocycles. The lowest BCUT2D eigenvalue weighted by atomic mass is 10.1. The van der Waals surface area contributed by atoms with Gasteiger partial charge in [0.05, 0.1) is 54.5 Å². The van der Waals surface area contributed by atoms with Crippen molar-refractivity contribution in [3.63, 3.8) is 0 Å². The smallest absolute Gasteiger partial charge is 0.267 e. The first-order chi connectivity index (χ1) is 28.0. The van der Waals surface area contributed by atoms with Crippen LogP contribution in [0.2, 0.25) is 0 Å². The summed E-state index contributed by atoms with van der Waals surface area (Å²) < 4.78 is 46.8. The van der Waals surface area contributed by atoms with Gasteiger partial charge in [0, 0.05) is 47.7 Å². The quantitative estimate of drug-likeness (QED) is 0.135. The number of fused-ring (bicyclic) bond motifs is 2. The molecule has 0 radical (unpaired) electrons. The first-order valence-corrected chi connectivity index (χ1v) is 18.4. The Bertz CT molecular complexity index is 2710. The molecule has 0 saturated heterocycles. The number of alkyl halides is 1. The van der Waals surface area contributed by atoms with Crippen LogP contribution in [0.5, 0.6) is 0 Å². The van der Waals surface area contributed by atoms with Crippen LogP contribution >= 0.6 is 0 Å². The van der Waals surface area contributed by atoms with Crippen LogP contribution in [0, 0.1) is 11.6 Å². The average molecular weight is 788 g/mol. The number of amides is 2. The molecule has 6 heterocycles. The molecule has 8 rings (SSSR count). The summed E-state index contributed by atoms with van der Waals surface area (Å²) in [5, 5.41) is 0. The molecule has 2 amide bonds. The van der Waals surface area contributed by atoms with Gasteiger partial charge in [-0.3, -0.25) is 22.8 Å². The molecule has 0 aliphatic rings. The zero-order valence-electron chi connectivity index (χ0n) is 31.8. The fourth-order valence-electron chi connectivity index (χ4n) is 6.74. The Morgan fingerprint density at radius 1 is 0.603 bits per heavy atom. The second-order valence-electron chi connectivity index (χ2n) is 13.8. The maximum Gasteiger partial charge on any atom is 0.267 e. The van der Waals surface area contributed by atoms with Crippen molar-refractivity contribution in [1.82, 2.24) is 42.8 Å². The number of aryl methyl sites for hydroxylation is 2.